The molecule has 2 heterocycles. The summed E-state index contributed by atoms with van der Waals surface area (Å²) >= 11 is 0. The fourth-order valence-electron chi connectivity index (χ4n) is 3.25. The molecule has 27 heavy (non-hydrogen) atoms. The number of hydrogen-bond donors (Lipinski definition) is 2. The highest BCUT2D eigenvalue weighted by Gasteiger charge is 2.22. The van der Waals surface area contributed by atoms with Crippen molar-refractivity contribution in [3.63, 3.8) is 0 Å². The molecule has 144 valence electrons. The van der Waals surface area contributed by atoms with Crippen molar-refractivity contribution in [1.29, 1.82) is 0 Å². The van der Waals surface area contributed by atoms with Gasteiger partial charge in [-0.25, -0.2) is 4.98 Å². The van der Waals surface area contributed by atoms with Gasteiger partial charge < -0.3 is 15.2 Å². The van der Waals surface area contributed by atoms with Crippen molar-refractivity contribution < 1.29 is 9.59 Å². The molecule has 0 saturated carbocycles. The molecule has 1 aromatic carbocycles. The van der Waals surface area contributed by atoms with Crippen LogP contribution in [0.15, 0.2) is 29.1 Å². The van der Waals surface area contributed by atoms with Crippen molar-refractivity contribution in [2.45, 2.75) is 19.8 Å². The second-order valence-electron chi connectivity index (χ2n) is 6.64. The lowest BCUT2D eigenvalue weighted by molar-refractivity contribution is -0.133. The molecule has 1 aliphatic rings. The number of carbonyl (C=O) groups is 2. The van der Waals surface area contributed by atoms with Crippen LogP contribution in [0.25, 0.3) is 10.9 Å². The van der Waals surface area contributed by atoms with Crippen LogP contribution >= 0.6 is 0 Å². The molecule has 0 atom stereocenters. The number of piperazine rings is 1. The zero-order chi connectivity index (χ0) is 19.2. The Morgan fingerprint density at radius 3 is 2.67 bits per heavy atom. The second kappa shape index (κ2) is 8.77. The first kappa shape index (κ1) is 19.0. The van der Waals surface area contributed by atoms with E-state index in [2.05, 4.69) is 20.2 Å². The summed E-state index contributed by atoms with van der Waals surface area (Å²) in [5.74, 6) is 0.592. The van der Waals surface area contributed by atoms with E-state index in [1.54, 1.807) is 18.2 Å². The average Bonchev–Trinajstić information content (AvgIpc) is 2.67. The SMILES string of the molecule is CCNC(=O)CN1CCN(C(=O)CCc2nc3ccccc3c(=O)[nH]2)CC1. The van der Waals surface area contributed by atoms with E-state index >= 15 is 0 Å². The number of para-hydroxylation sites is 1. The van der Waals surface area contributed by atoms with Gasteiger partial charge in [0, 0.05) is 45.6 Å². The molecule has 2 aromatic rings. The number of rotatable bonds is 6. The van der Waals surface area contributed by atoms with Crippen LogP contribution in [-0.4, -0.2) is 70.9 Å². The molecule has 0 spiro atoms. The summed E-state index contributed by atoms with van der Waals surface area (Å²) in [6.45, 7) is 5.49. The Bertz CT molecular complexity index is 871. The monoisotopic (exact) mass is 371 g/mol. The normalized spacial score (nSPS) is 15.1. The Morgan fingerprint density at radius 2 is 1.93 bits per heavy atom. The van der Waals surface area contributed by atoms with Crippen molar-refractivity contribution in [2.24, 2.45) is 0 Å². The number of aromatic nitrogens is 2. The van der Waals surface area contributed by atoms with Crippen molar-refractivity contribution in [1.82, 2.24) is 25.1 Å². The summed E-state index contributed by atoms with van der Waals surface area (Å²) in [6, 6.07) is 7.16. The molecule has 2 N–H and O–H groups in total. The topological polar surface area (TPSA) is 98.4 Å². The van der Waals surface area contributed by atoms with Gasteiger partial charge in [0.05, 0.1) is 17.4 Å². The average molecular weight is 371 g/mol. The molecular formula is C19H25N5O3. The van der Waals surface area contributed by atoms with Gasteiger partial charge in [0.2, 0.25) is 11.8 Å². The summed E-state index contributed by atoms with van der Waals surface area (Å²) in [7, 11) is 0. The second-order valence-corrected chi connectivity index (χ2v) is 6.64. The van der Waals surface area contributed by atoms with E-state index in [-0.39, 0.29) is 17.4 Å². The van der Waals surface area contributed by atoms with E-state index in [4.69, 9.17) is 0 Å². The minimum atomic E-state index is -0.179. The number of likely N-dealkylation sites (N-methyl/N-ethyl adjacent to an activating group) is 1. The molecule has 1 saturated heterocycles. The molecule has 3 rings (SSSR count). The molecular weight excluding hydrogens is 346 g/mol. The van der Waals surface area contributed by atoms with E-state index in [1.165, 1.54) is 0 Å². The lowest BCUT2D eigenvalue weighted by Crippen LogP contribution is -2.51. The van der Waals surface area contributed by atoms with Gasteiger partial charge >= 0.3 is 0 Å². The highest BCUT2D eigenvalue weighted by atomic mass is 16.2. The van der Waals surface area contributed by atoms with Gasteiger partial charge in [-0.15, -0.1) is 0 Å². The fraction of sp³-hybridized carbons (Fsp3) is 0.474. The van der Waals surface area contributed by atoms with Gasteiger partial charge in [-0.1, -0.05) is 12.1 Å². The van der Waals surface area contributed by atoms with E-state index in [1.807, 2.05) is 17.9 Å². The predicted molar refractivity (Wildman–Crippen MR) is 102 cm³/mol. The number of aryl methyl sites for hydroxylation is 1. The van der Waals surface area contributed by atoms with Gasteiger partial charge in [-0.3, -0.25) is 19.3 Å². The van der Waals surface area contributed by atoms with E-state index in [9.17, 15) is 14.4 Å². The van der Waals surface area contributed by atoms with Crippen LogP contribution in [0.1, 0.15) is 19.2 Å². The standard InChI is InChI=1S/C19H25N5O3/c1-2-20-17(25)13-23-9-11-24(12-10-23)18(26)8-7-16-21-15-6-4-3-5-14(15)19(27)22-16/h3-6H,2,7-13H2,1H3,(H,20,25)(H,21,22,27). The maximum Gasteiger partial charge on any atom is 0.258 e. The summed E-state index contributed by atoms with van der Waals surface area (Å²) in [5, 5.41) is 3.34. The lowest BCUT2D eigenvalue weighted by Gasteiger charge is -2.34. The molecule has 2 amide bonds. The van der Waals surface area contributed by atoms with Gasteiger partial charge in [-0.05, 0) is 19.1 Å². The van der Waals surface area contributed by atoms with Crippen molar-refractivity contribution >= 4 is 22.7 Å². The quantitative estimate of drug-likeness (QED) is 0.752. The van der Waals surface area contributed by atoms with Gasteiger partial charge in [0.25, 0.3) is 5.56 Å². The fourth-order valence-corrected chi connectivity index (χ4v) is 3.25. The van der Waals surface area contributed by atoms with Crippen LogP contribution in [0.5, 0.6) is 0 Å². The Kier molecular flexibility index (Phi) is 6.18. The van der Waals surface area contributed by atoms with Crippen LogP contribution in [0.2, 0.25) is 0 Å². The van der Waals surface area contributed by atoms with E-state index in [0.29, 0.717) is 68.8 Å². The molecule has 0 radical (unpaired) electrons. The van der Waals surface area contributed by atoms with Crippen LogP contribution in [0, 0.1) is 0 Å². The van der Waals surface area contributed by atoms with Crippen molar-refractivity contribution in [2.75, 3.05) is 39.3 Å². The zero-order valence-corrected chi connectivity index (χ0v) is 15.5. The molecule has 1 fully saturated rings. The lowest BCUT2D eigenvalue weighted by atomic mass is 10.2. The van der Waals surface area contributed by atoms with E-state index < -0.39 is 0 Å². The number of benzene rings is 1. The number of H-pyrrole nitrogens is 1. The first-order valence-corrected chi connectivity index (χ1v) is 9.31. The smallest absolute Gasteiger partial charge is 0.258 e. The number of hydrogen-bond acceptors (Lipinski definition) is 5. The Balaban J connectivity index is 1.50. The molecule has 8 heteroatoms. The Labute approximate surface area is 157 Å². The Hall–Kier alpha value is -2.74. The predicted octanol–water partition coefficient (Wildman–Crippen LogP) is 0.136. The highest BCUT2D eigenvalue weighted by molar-refractivity contribution is 5.79. The highest BCUT2D eigenvalue weighted by Crippen LogP contribution is 2.09. The first-order chi connectivity index (χ1) is 13.1. The molecule has 0 aliphatic carbocycles. The van der Waals surface area contributed by atoms with Crippen LogP contribution in [0.3, 0.4) is 0 Å². The molecule has 8 nitrogen and oxygen atoms in total. The summed E-state index contributed by atoms with van der Waals surface area (Å²) < 4.78 is 0. The number of nitrogens with zero attached hydrogens (tertiary/aromatic N) is 3. The molecule has 0 unspecified atom stereocenters. The third-order valence-corrected chi connectivity index (χ3v) is 4.70. The summed E-state index contributed by atoms with van der Waals surface area (Å²) in [4.78, 5) is 47.2. The minimum Gasteiger partial charge on any atom is -0.355 e. The third kappa shape index (κ3) is 4.91. The largest absolute Gasteiger partial charge is 0.355 e. The van der Waals surface area contributed by atoms with Gasteiger partial charge in [-0.2, -0.15) is 0 Å². The Morgan fingerprint density at radius 1 is 1.19 bits per heavy atom. The molecule has 0 bridgehead atoms. The summed E-state index contributed by atoms with van der Waals surface area (Å²) in [5.41, 5.74) is 0.463. The van der Waals surface area contributed by atoms with Crippen LogP contribution in [-0.2, 0) is 16.0 Å². The van der Waals surface area contributed by atoms with Crippen molar-refractivity contribution in [3.05, 3.63) is 40.4 Å². The van der Waals surface area contributed by atoms with Gasteiger partial charge in [0.1, 0.15) is 5.82 Å². The number of amides is 2. The number of nitrogens with one attached hydrogen (secondary N) is 2. The first-order valence-electron chi connectivity index (χ1n) is 9.31. The van der Waals surface area contributed by atoms with Crippen LogP contribution < -0.4 is 10.9 Å². The maximum absolute atomic E-state index is 12.5. The third-order valence-electron chi connectivity index (χ3n) is 4.70. The van der Waals surface area contributed by atoms with Gasteiger partial charge in [0.15, 0.2) is 0 Å². The zero-order valence-electron chi connectivity index (χ0n) is 15.5. The maximum atomic E-state index is 12.5. The number of carbonyl (C=O) groups excluding carboxylic acids is 2. The number of fused-ring (bicyclic) bond motifs is 1. The number of aromatic amines is 1. The van der Waals surface area contributed by atoms with Crippen LogP contribution in [0.4, 0.5) is 0 Å². The van der Waals surface area contributed by atoms with E-state index in [0.717, 1.165) is 0 Å². The molecule has 1 aromatic heterocycles. The van der Waals surface area contributed by atoms with Crippen molar-refractivity contribution in [3.8, 4) is 0 Å². The molecule has 1 aliphatic heterocycles. The minimum absolute atomic E-state index is 0.0172. The summed E-state index contributed by atoms with van der Waals surface area (Å²) in [6.07, 6.45) is 0.704.